The van der Waals surface area contributed by atoms with Gasteiger partial charge in [0.1, 0.15) is 11.5 Å². The molecule has 0 fully saturated rings. The molecule has 2 N–H and O–H groups in total. The third-order valence-electron chi connectivity index (χ3n) is 6.35. The van der Waals surface area contributed by atoms with Gasteiger partial charge in [-0.1, -0.05) is 60.2 Å². The van der Waals surface area contributed by atoms with Crippen molar-refractivity contribution in [2.24, 2.45) is 0 Å². The fraction of sp³-hybridized carbons (Fsp3) is 0.267. The molecule has 2 atom stereocenters. The van der Waals surface area contributed by atoms with E-state index in [4.69, 9.17) is 0 Å². The van der Waals surface area contributed by atoms with E-state index < -0.39 is 0 Å². The van der Waals surface area contributed by atoms with Gasteiger partial charge < -0.3 is 10.2 Å². The number of allylic oxidation sites excluding steroid dienone is 2. The number of phenols is 2. The van der Waals surface area contributed by atoms with Gasteiger partial charge in [-0.2, -0.15) is 0 Å². The first-order chi connectivity index (χ1) is 15.0. The minimum Gasteiger partial charge on any atom is -0.508 e. The summed E-state index contributed by atoms with van der Waals surface area (Å²) in [5.74, 6) is 0.111. The van der Waals surface area contributed by atoms with Crippen molar-refractivity contribution < 1.29 is 10.2 Å². The Balaban J connectivity index is 2.28. The number of benzene rings is 3. The van der Waals surface area contributed by atoms with Crippen LogP contribution in [0.3, 0.4) is 0 Å². The molecule has 3 rings (SSSR count). The van der Waals surface area contributed by atoms with E-state index in [1.807, 2.05) is 39.0 Å². The first-order valence-corrected chi connectivity index (χ1v) is 11.0. The van der Waals surface area contributed by atoms with E-state index in [-0.39, 0.29) is 23.3 Å². The summed E-state index contributed by atoms with van der Waals surface area (Å²) < 4.78 is 0. The van der Waals surface area contributed by atoms with Gasteiger partial charge in [-0.15, -0.1) is 0 Å². The highest BCUT2D eigenvalue weighted by Gasteiger charge is 2.27. The number of hydrogen-bond acceptors (Lipinski definition) is 2. The van der Waals surface area contributed by atoms with Crippen molar-refractivity contribution in [3.8, 4) is 11.5 Å². The number of rotatable bonds is 6. The molecule has 0 aliphatic carbocycles. The van der Waals surface area contributed by atoms with Crippen LogP contribution in [0.1, 0.15) is 70.2 Å². The van der Waals surface area contributed by atoms with Gasteiger partial charge in [0.25, 0.3) is 0 Å². The highest BCUT2D eigenvalue weighted by Crippen LogP contribution is 2.45. The molecule has 0 aliphatic heterocycles. The van der Waals surface area contributed by atoms with Crippen molar-refractivity contribution in [2.45, 2.75) is 53.4 Å². The number of aryl methyl sites for hydroxylation is 4. The molecule has 0 heterocycles. The smallest absolute Gasteiger partial charge is 0.120 e. The lowest BCUT2D eigenvalue weighted by Gasteiger charge is -2.27. The molecular weight excluding hydrogens is 392 g/mol. The highest BCUT2D eigenvalue weighted by molar-refractivity contribution is 5.58. The highest BCUT2D eigenvalue weighted by atomic mass is 16.3. The summed E-state index contributed by atoms with van der Waals surface area (Å²) in [6, 6.07) is 15.9. The Morgan fingerprint density at radius 3 is 1.84 bits per heavy atom. The monoisotopic (exact) mass is 426 g/mol. The van der Waals surface area contributed by atoms with Crippen LogP contribution < -0.4 is 0 Å². The zero-order valence-electron chi connectivity index (χ0n) is 20.1. The summed E-state index contributed by atoms with van der Waals surface area (Å²) in [6.07, 6.45) is 0. The molecule has 32 heavy (non-hydrogen) atoms. The van der Waals surface area contributed by atoms with Crippen molar-refractivity contribution in [1.29, 1.82) is 0 Å². The van der Waals surface area contributed by atoms with E-state index in [9.17, 15) is 10.2 Å². The molecule has 2 nitrogen and oxygen atoms in total. The molecule has 0 bridgehead atoms. The Hall–Kier alpha value is -3.26. The third kappa shape index (κ3) is 4.36. The van der Waals surface area contributed by atoms with Crippen LogP contribution in [0, 0.1) is 27.7 Å². The SMILES string of the molecule is C=C(C)C(c1ccc(C)cc1C)c1cc(C(C(=C)C)c2c(C)cccc2O)c(O)cc1C. The lowest BCUT2D eigenvalue weighted by Crippen LogP contribution is -2.10. The quantitative estimate of drug-likeness (QED) is 0.396. The van der Waals surface area contributed by atoms with Crippen LogP contribution in [0.5, 0.6) is 11.5 Å². The van der Waals surface area contributed by atoms with E-state index in [0.717, 1.165) is 39.0 Å². The maximum absolute atomic E-state index is 11.0. The van der Waals surface area contributed by atoms with Crippen LogP contribution in [-0.4, -0.2) is 10.2 Å². The Morgan fingerprint density at radius 1 is 0.656 bits per heavy atom. The second-order valence-corrected chi connectivity index (χ2v) is 9.19. The fourth-order valence-corrected chi connectivity index (χ4v) is 4.83. The molecule has 3 aromatic carbocycles. The Bertz CT molecular complexity index is 1180. The summed E-state index contributed by atoms with van der Waals surface area (Å²) in [7, 11) is 0. The zero-order chi connectivity index (χ0) is 23.7. The average Bonchev–Trinajstić information content (AvgIpc) is 2.68. The Morgan fingerprint density at radius 2 is 1.28 bits per heavy atom. The average molecular weight is 427 g/mol. The molecule has 0 spiro atoms. The van der Waals surface area contributed by atoms with Gasteiger partial charge in [0, 0.05) is 23.0 Å². The van der Waals surface area contributed by atoms with Gasteiger partial charge in [-0.05, 0) is 87.6 Å². The topological polar surface area (TPSA) is 40.5 Å². The molecule has 0 saturated heterocycles. The second kappa shape index (κ2) is 9.08. The second-order valence-electron chi connectivity index (χ2n) is 9.19. The minimum atomic E-state index is -0.319. The van der Waals surface area contributed by atoms with Gasteiger partial charge in [-0.3, -0.25) is 0 Å². The Labute approximate surface area is 192 Å². The zero-order valence-corrected chi connectivity index (χ0v) is 20.1. The summed E-state index contributed by atoms with van der Waals surface area (Å²) in [6.45, 7) is 20.8. The van der Waals surface area contributed by atoms with Crippen LogP contribution in [-0.2, 0) is 0 Å². The largest absolute Gasteiger partial charge is 0.508 e. The lowest BCUT2D eigenvalue weighted by molar-refractivity contribution is 0.457. The number of aromatic hydroxyl groups is 2. The standard InChI is InChI=1S/C30H34O2/c1-17(2)28(23-13-12-19(5)14-21(23)7)24-16-25(27(32)15-22(24)8)29(18(3)4)30-20(6)10-9-11-26(30)31/h9-16,28-29,31-32H,1,3H2,2,4-8H3. The van der Waals surface area contributed by atoms with E-state index >= 15 is 0 Å². The molecule has 166 valence electrons. The molecule has 0 aliphatic rings. The first-order valence-electron chi connectivity index (χ1n) is 11.0. The van der Waals surface area contributed by atoms with Gasteiger partial charge in [-0.25, -0.2) is 0 Å². The molecule has 2 unspecified atom stereocenters. The molecule has 0 saturated carbocycles. The van der Waals surface area contributed by atoms with Gasteiger partial charge in [0.15, 0.2) is 0 Å². The van der Waals surface area contributed by atoms with Crippen molar-refractivity contribution >= 4 is 0 Å². The molecule has 0 aromatic heterocycles. The molecule has 0 radical (unpaired) electrons. The van der Waals surface area contributed by atoms with E-state index in [2.05, 4.69) is 58.2 Å². The van der Waals surface area contributed by atoms with Crippen LogP contribution in [0.25, 0.3) is 0 Å². The van der Waals surface area contributed by atoms with Crippen molar-refractivity contribution in [2.75, 3.05) is 0 Å². The third-order valence-corrected chi connectivity index (χ3v) is 6.35. The first kappa shape index (κ1) is 23.4. The number of hydrogen-bond donors (Lipinski definition) is 2. The summed E-state index contributed by atoms with van der Waals surface area (Å²) in [5, 5.41) is 21.7. The number of phenolic OH excluding ortho intramolecular Hbond substituents is 2. The molecule has 3 aromatic rings. The Kier molecular flexibility index (Phi) is 6.64. The minimum absolute atomic E-state index is 0.00573. The fourth-order valence-electron chi connectivity index (χ4n) is 4.83. The van der Waals surface area contributed by atoms with Crippen molar-refractivity contribution in [3.63, 3.8) is 0 Å². The summed E-state index contributed by atoms with van der Waals surface area (Å²) in [5.41, 5.74) is 10.2. The van der Waals surface area contributed by atoms with Crippen LogP contribution >= 0.6 is 0 Å². The van der Waals surface area contributed by atoms with Crippen molar-refractivity contribution in [1.82, 2.24) is 0 Å². The van der Waals surface area contributed by atoms with Crippen molar-refractivity contribution in [3.05, 3.63) is 117 Å². The van der Waals surface area contributed by atoms with E-state index in [1.54, 1.807) is 6.07 Å². The predicted octanol–water partition coefficient (Wildman–Crippen LogP) is 7.75. The van der Waals surface area contributed by atoms with Crippen LogP contribution in [0.15, 0.2) is 72.8 Å². The summed E-state index contributed by atoms with van der Waals surface area (Å²) >= 11 is 0. The normalized spacial score (nSPS) is 12.9. The van der Waals surface area contributed by atoms with Gasteiger partial charge in [0.2, 0.25) is 0 Å². The predicted molar refractivity (Wildman–Crippen MR) is 135 cm³/mol. The van der Waals surface area contributed by atoms with Gasteiger partial charge >= 0.3 is 0 Å². The molecule has 2 heteroatoms. The molecular formula is C30H34O2. The van der Waals surface area contributed by atoms with Crippen LogP contribution in [0.2, 0.25) is 0 Å². The summed E-state index contributed by atoms with van der Waals surface area (Å²) in [4.78, 5) is 0. The maximum Gasteiger partial charge on any atom is 0.120 e. The van der Waals surface area contributed by atoms with Crippen LogP contribution in [0.4, 0.5) is 0 Å². The van der Waals surface area contributed by atoms with Gasteiger partial charge in [0.05, 0.1) is 0 Å². The maximum atomic E-state index is 11.0. The van der Waals surface area contributed by atoms with E-state index in [0.29, 0.717) is 0 Å². The van der Waals surface area contributed by atoms with E-state index in [1.165, 1.54) is 16.7 Å². The lowest BCUT2D eigenvalue weighted by atomic mass is 9.77. The molecule has 0 amide bonds.